The lowest BCUT2D eigenvalue weighted by Gasteiger charge is -2.18. The van der Waals surface area contributed by atoms with E-state index in [9.17, 15) is 0 Å². The molecule has 1 aliphatic carbocycles. The van der Waals surface area contributed by atoms with Gasteiger partial charge in [-0.2, -0.15) is 4.98 Å². The van der Waals surface area contributed by atoms with E-state index in [-0.39, 0.29) is 0 Å². The molecule has 0 aliphatic heterocycles. The molecule has 1 saturated carbocycles. The third-order valence-electron chi connectivity index (χ3n) is 3.09. The van der Waals surface area contributed by atoms with E-state index in [4.69, 9.17) is 16.3 Å². The third kappa shape index (κ3) is 3.22. The second-order valence-corrected chi connectivity index (χ2v) is 4.56. The monoisotopic (exact) mass is 255 g/mol. The number of nitrogens with one attached hydrogen (secondary N) is 1. The van der Waals surface area contributed by atoms with Crippen molar-refractivity contribution in [2.24, 2.45) is 5.92 Å². The van der Waals surface area contributed by atoms with Crippen LogP contribution in [0.3, 0.4) is 0 Å². The molecule has 4 nitrogen and oxygen atoms in total. The zero-order valence-corrected chi connectivity index (χ0v) is 10.8. The Morgan fingerprint density at radius 3 is 3.18 bits per heavy atom. The van der Waals surface area contributed by atoms with E-state index in [0.717, 1.165) is 6.42 Å². The smallest absolute Gasteiger partial charge is 0.226 e. The Bertz CT molecular complexity index is 361. The Balaban J connectivity index is 2.00. The molecule has 2 rings (SSSR count). The van der Waals surface area contributed by atoms with Gasteiger partial charge in [0.25, 0.3) is 0 Å². The summed E-state index contributed by atoms with van der Waals surface area (Å²) in [6, 6.07) is 2.16. The molecular weight excluding hydrogens is 238 g/mol. The largest absolute Gasteiger partial charge is 0.478 e. The van der Waals surface area contributed by atoms with Crippen molar-refractivity contribution in [3.8, 4) is 5.88 Å². The highest BCUT2D eigenvalue weighted by Crippen LogP contribution is 2.28. The molecule has 1 N–H and O–H groups in total. The number of aromatic nitrogens is 2. The second kappa shape index (κ2) is 6.05. The fraction of sp³-hybridized carbons (Fsp3) is 0.667. The zero-order valence-electron chi connectivity index (χ0n) is 10.0. The lowest BCUT2D eigenvalue weighted by atomic mass is 10.1. The summed E-state index contributed by atoms with van der Waals surface area (Å²) in [5, 5.41) is 3.35. The maximum Gasteiger partial charge on any atom is 0.226 e. The highest BCUT2D eigenvalue weighted by molar-refractivity contribution is 6.18. The van der Waals surface area contributed by atoms with E-state index >= 15 is 0 Å². The summed E-state index contributed by atoms with van der Waals surface area (Å²) in [4.78, 5) is 8.52. The van der Waals surface area contributed by atoms with Crippen LogP contribution >= 0.6 is 11.6 Å². The molecule has 94 valence electrons. The maximum atomic E-state index is 5.94. The molecular formula is C12H18ClN3O. The average Bonchev–Trinajstić information content (AvgIpc) is 2.77. The number of rotatable bonds is 5. The van der Waals surface area contributed by atoms with Crippen molar-refractivity contribution in [3.63, 3.8) is 0 Å². The van der Waals surface area contributed by atoms with Gasteiger partial charge < -0.3 is 10.1 Å². The number of hydrogen-bond donors (Lipinski definition) is 1. The lowest BCUT2D eigenvalue weighted by molar-refractivity contribution is 0.326. The van der Waals surface area contributed by atoms with E-state index in [0.29, 0.717) is 36.3 Å². The van der Waals surface area contributed by atoms with E-state index in [1.165, 1.54) is 12.8 Å². The molecule has 0 radical (unpaired) electrons. The summed E-state index contributed by atoms with van der Waals surface area (Å²) >= 11 is 5.94. The van der Waals surface area contributed by atoms with Crippen LogP contribution in [0, 0.1) is 5.92 Å². The fourth-order valence-corrected chi connectivity index (χ4v) is 2.59. The number of ether oxygens (including phenoxy) is 1. The molecule has 17 heavy (non-hydrogen) atoms. The molecule has 0 amide bonds. The molecule has 0 aromatic carbocycles. The fourth-order valence-electron chi connectivity index (χ4n) is 2.22. The SMILES string of the molecule is CCOc1ccnc(NC2CCCC2CCl)n1. The van der Waals surface area contributed by atoms with E-state index < -0.39 is 0 Å². The molecule has 1 aromatic rings. The predicted octanol–water partition coefficient (Wildman–Crippen LogP) is 2.69. The van der Waals surface area contributed by atoms with Gasteiger partial charge in [0.05, 0.1) is 6.61 Å². The quantitative estimate of drug-likeness (QED) is 0.822. The van der Waals surface area contributed by atoms with Crippen molar-refractivity contribution in [2.45, 2.75) is 32.2 Å². The summed E-state index contributed by atoms with van der Waals surface area (Å²) in [5.41, 5.74) is 0. The zero-order chi connectivity index (χ0) is 12.1. The van der Waals surface area contributed by atoms with Crippen molar-refractivity contribution < 1.29 is 4.74 Å². The van der Waals surface area contributed by atoms with Crippen LogP contribution in [0.1, 0.15) is 26.2 Å². The Morgan fingerprint density at radius 1 is 1.53 bits per heavy atom. The van der Waals surface area contributed by atoms with Crippen molar-refractivity contribution in [1.82, 2.24) is 9.97 Å². The molecule has 0 spiro atoms. The number of anilines is 1. The topological polar surface area (TPSA) is 47.0 Å². The number of alkyl halides is 1. The summed E-state index contributed by atoms with van der Waals surface area (Å²) in [5.74, 6) is 2.47. The molecule has 1 fully saturated rings. The number of nitrogens with zero attached hydrogens (tertiary/aromatic N) is 2. The standard InChI is InChI=1S/C12H18ClN3O/c1-2-17-11-6-7-14-12(16-11)15-10-5-3-4-9(10)8-13/h6-7,9-10H,2-5,8H2,1H3,(H,14,15,16). The molecule has 1 aliphatic rings. The highest BCUT2D eigenvalue weighted by Gasteiger charge is 2.26. The van der Waals surface area contributed by atoms with Crippen molar-refractivity contribution in [2.75, 3.05) is 17.8 Å². The second-order valence-electron chi connectivity index (χ2n) is 4.25. The number of hydrogen-bond acceptors (Lipinski definition) is 4. The van der Waals surface area contributed by atoms with Crippen LogP contribution in [0.5, 0.6) is 5.88 Å². The van der Waals surface area contributed by atoms with Crippen molar-refractivity contribution >= 4 is 17.5 Å². The predicted molar refractivity (Wildman–Crippen MR) is 68.7 cm³/mol. The van der Waals surface area contributed by atoms with Gasteiger partial charge in [-0.1, -0.05) is 6.42 Å². The third-order valence-corrected chi connectivity index (χ3v) is 3.49. The minimum Gasteiger partial charge on any atom is -0.478 e. The first-order valence-corrected chi connectivity index (χ1v) is 6.65. The van der Waals surface area contributed by atoms with Crippen LogP contribution < -0.4 is 10.1 Å². The minimum absolute atomic E-state index is 0.393. The highest BCUT2D eigenvalue weighted by atomic mass is 35.5. The Labute approximate surface area is 107 Å². The summed E-state index contributed by atoms with van der Waals surface area (Å²) in [6.07, 6.45) is 5.26. The Morgan fingerprint density at radius 2 is 2.41 bits per heavy atom. The van der Waals surface area contributed by atoms with Crippen LogP contribution in [0.25, 0.3) is 0 Å². The number of halogens is 1. The van der Waals surface area contributed by atoms with Crippen molar-refractivity contribution in [1.29, 1.82) is 0 Å². The van der Waals surface area contributed by atoms with Gasteiger partial charge in [0.2, 0.25) is 11.8 Å². The van der Waals surface area contributed by atoms with Gasteiger partial charge in [-0.05, 0) is 25.7 Å². The molecule has 1 heterocycles. The molecule has 2 atom stereocenters. The Kier molecular flexibility index (Phi) is 4.42. The van der Waals surface area contributed by atoms with E-state index in [1.807, 2.05) is 6.92 Å². The Hall–Kier alpha value is -1.03. The molecule has 0 saturated heterocycles. The first-order chi connectivity index (χ1) is 8.33. The summed E-state index contributed by atoms with van der Waals surface area (Å²) in [7, 11) is 0. The maximum absolute atomic E-state index is 5.94. The molecule has 0 bridgehead atoms. The van der Waals surface area contributed by atoms with Gasteiger partial charge in [0, 0.05) is 24.2 Å². The van der Waals surface area contributed by atoms with Gasteiger partial charge in [-0.15, -0.1) is 11.6 Å². The van der Waals surface area contributed by atoms with E-state index in [1.54, 1.807) is 12.3 Å². The van der Waals surface area contributed by atoms with Crippen LogP contribution in [-0.2, 0) is 0 Å². The minimum atomic E-state index is 0.393. The summed E-state index contributed by atoms with van der Waals surface area (Å²) < 4.78 is 5.35. The van der Waals surface area contributed by atoms with Gasteiger partial charge >= 0.3 is 0 Å². The van der Waals surface area contributed by atoms with Gasteiger partial charge in [0.15, 0.2) is 0 Å². The van der Waals surface area contributed by atoms with Crippen LogP contribution in [0.2, 0.25) is 0 Å². The van der Waals surface area contributed by atoms with Crippen LogP contribution in [0.4, 0.5) is 5.95 Å². The molecule has 5 heteroatoms. The lowest BCUT2D eigenvalue weighted by Crippen LogP contribution is -2.26. The normalized spacial score (nSPS) is 23.6. The van der Waals surface area contributed by atoms with Crippen LogP contribution in [0.15, 0.2) is 12.3 Å². The first-order valence-electron chi connectivity index (χ1n) is 6.11. The van der Waals surface area contributed by atoms with E-state index in [2.05, 4.69) is 15.3 Å². The summed E-state index contributed by atoms with van der Waals surface area (Å²) in [6.45, 7) is 2.56. The van der Waals surface area contributed by atoms with Gasteiger partial charge in [0.1, 0.15) is 0 Å². The van der Waals surface area contributed by atoms with Gasteiger partial charge in [-0.3, -0.25) is 0 Å². The van der Waals surface area contributed by atoms with Gasteiger partial charge in [-0.25, -0.2) is 4.98 Å². The van der Waals surface area contributed by atoms with Crippen LogP contribution in [-0.4, -0.2) is 28.5 Å². The molecule has 2 unspecified atom stereocenters. The average molecular weight is 256 g/mol. The van der Waals surface area contributed by atoms with Crippen molar-refractivity contribution in [3.05, 3.63) is 12.3 Å². The first kappa shape index (κ1) is 12.4. The molecule has 1 aromatic heterocycles.